The van der Waals surface area contributed by atoms with Crippen LogP contribution in [0.15, 0.2) is 43.0 Å². The molecule has 3 amide bonds. The minimum absolute atomic E-state index is 0.0637. The summed E-state index contributed by atoms with van der Waals surface area (Å²) in [4.78, 5) is 64.1. The molecule has 2 aromatic heterocycles. The predicted molar refractivity (Wildman–Crippen MR) is 150 cm³/mol. The van der Waals surface area contributed by atoms with E-state index in [2.05, 4.69) is 25.6 Å². The van der Waals surface area contributed by atoms with Crippen molar-refractivity contribution in [3.63, 3.8) is 0 Å². The number of amides is 3. The van der Waals surface area contributed by atoms with Crippen molar-refractivity contribution in [3.05, 3.63) is 48.5 Å². The van der Waals surface area contributed by atoms with Gasteiger partial charge in [-0.05, 0) is 39.2 Å². The summed E-state index contributed by atoms with van der Waals surface area (Å²) in [6.45, 7) is 4.50. The minimum Gasteiger partial charge on any atom is -0.480 e. The summed E-state index contributed by atoms with van der Waals surface area (Å²) in [5, 5.41) is 15.0. The molecule has 2 atom stereocenters. The van der Waals surface area contributed by atoms with Gasteiger partial charge in [0.05, 0.1) is 18.4 Å². The number of ether oxygens (including phenoxy) is 2. The molecule has 0 bridgehead atoms. The first-order valence-corrected chi connectivity index (χ1v) is 13.6. The number of aromatic nitrogens is 4. The molecule has 0 aliphatic heterocycles. The monoisotopic (exact) mass is 581 g/mol. The summed E-state index contributed by atoms with van der Waals surface area (Å²) in [6, 6.07) is 8.16. The van der Waals surface area contributed by atoms with Gasteiger partial charge in [0.2, 0.25) is 5.91 Å². The fourth-order valence-corrected chi connectivity index (χ4v) is 4.83. The summed E-state index contributed by atoms with van der Waals surface area (Å²) in [5.74, 6) is -1.57. The molecule has 1 fully saturated rings. The Labute approximate surface area is 242 Å². The molecule has 14 heteroatoms. The SMILES string of the molecule is CC(C)(C)OC(=O)N[C@@H]1CCCC[C@@H]1N(CC(=O)O)C(=O)Cn1cnc2c(NC(=O)OCc3ccccc3)ncnc21. The van der Waals surface area contributed by atoms with Crippen molar-refractivity contribution in [1.29, 1.82) is 0 Å². The summed E-state index contributed by atoms with van der Waals surface area (Å²) < 4.78 is 12.1. The van der Waals surface area contributed by atoms with Gasteiger partial charge in [0, 0.05) is 0 Å². The highest BCUT2D eigenvalue weighted by Crippen LogP contribution is 2.25. The van der Waals surface area contributed by atoms with Crippen molar-refractivity contribution in [3.8, 4) is 0 Å². The van der Waals surface area contributed by atoms with Gasteiger partial charge >= 0.3 is 18.2 Å². The van der Waals surface area contributed by atoms with Gasteiger partial charge in [0.15, 0.2) is 17.0 Å². The number of imidazole rings is 1. The first kappa shape index (κ1) is 30.2. The molecule has 224 valence electrons. The number of fused-ring (bicyclic) bond motifs is 1. The number of benzene rings is 1. The van der Waals surface area contributed by atoms with Crippen LogP contribution in [0.25, 0.3) is 11.2 Å². The molecule has 1 aliphatic carbocycles. The molecule has 1 aromatic carbocycles. The van der Waals surface area contributed by atoms with Crippen molar-refractivity contribution < 1.29 is 33.8 Å². The van der Waals surface area contributed by atoms with E-state index in [4.69, 9.17) is 9.47 Å². The van der Waals surface area contributed by atoms with Crippen LogP contribution in [0.1, 0.15) is 52.0 Å². The van der Waals surface area contributed by atoms with E-state index in [1.165, 1.54) is 22.1 Å². The van der Waals surface area contributed by atoms with Gasteiger partial charge in [-0.3, -0.25) is 14.9 Å². The van der Waals surface area contributed by atoms with Crippen molar-refractivity contribution in [2.45, 2.75) is 77.3 Å². The molecule has 0 saturated heterocycles. The summed E-state index contributed by atoms with van der Waals surface area (Å²) in [7, 11) is 0. The third kappa shape index (κ3) is 8.15. The zero-order chi connectivity index (χ0) is 30.3. The lowest BCUT2D eigenvalue weighted by atomic mass is 9.89. The summed E-state index contributed by atoms with van der Waals surface area (Å²) >= 11 is 0. The number of aliphatic carboxylic acids is 1. The maximum Gasteiger partial charge on any atom is 0.413 e. The van der Waals surface area contributed by atoms with Crippen molar-refractivity contribution in [1.82, 2.24) is 29.7 Å². The quantitative estimate of drug-likeness (QED) is 0.339. The molecule has 1 aliphatic rings. The van der Waals surface area contributed by atoms with E-state index in [1.54, 1.807) is 20.8 Å². The van der Waals surface area contributed by atoms with Gasteiger partial charge in [-0.2, -0.15) is 0 Å². The molecule has 42 heavy (non-hydrogen) atoms. The van der Waals surface area contributed by atoms with Crippen molar-refractivity contribution in [2.24, 2.45) is 0 Å². The van der Waals surface area contributed by atoms with Crippen LogP contribution in [-0.4, -0.2) is 77.8 Å². The minimum atomic E-state index is -1.18. The third-order valence-corrected chi connectivity index (χ3v) is 6.60. The Hall–Kier alpha value is -4.75. The number of carboxylic acids is 1. The lowest BCUT2D eigenvalue weighted by Crippen LogP contribution is -2.57. The number of anilines is 1. The van der Waals surface area contributed by atoms with Gasteiger partial charge < -0.3 is 29.4 Å². The van der Waals surface area contributed by atoms with Crippen LogP contribution in [-0.2, 0) is 32.2 Å². The third-order valence-electron chi connectivity index (χ3n) is 6.60. The molecule has 0 radical (unpaired) electrons. The molecule has 0 spiro atoms. The number of nitrogens with zero attached hydrogens (tertiary/aromatic N) is 5. The van der Waals surface area contributed by atoms with Crippen LogP contribution >= 0.6 is 0 Å². The molecule has 2 heterocycles. The Morgan fingerprint density at radius 3 is 2.50 bits per heavy atom. The van der Waals surface area contributed by atoms with E-state index in [0.29, 0.717) is 12.8 Å². The maximum atomic E-state index is 13.6. The second-order valence-corrected chi connectivity index (χ2v) is 11.0. The molecule has 4 rings (SSSR count). The van der Waals surface area contributed by atoms with Crippen LogP contribution in [0.3, 0.4) is 0 Å². The van der Waals surface area contributed by atoms with Crippen LogP contribution in [0.2, 0.25) is 0 Å². The number of alkyl carbamates (subject to hydrolysis) is 1. The maximum absolute atomic E-state index is 13.6. The Morgan fingerprint density at radius 1 is 1.05 bits per heavy atom. The fraction of sp³-hybridized carbons (Fsp3) is 0.464. The zero-order valence-corrected chi connectivity index (χ0v) is 23.8. The Morgan fingerprint density at radius 2 is 1.79 bits per heavy atom. The molecular formula is C28H35N7O7. The highest BCUT2D eigenvalue weighted by atomic mass is 16.6. The first-order chi connectivity index (χ1) is 20.0. The predicted octanol–water partition coefficient (Wildman–Crippen LogP) is 3.32. The molecule has 3 aromatic rings. The van der Waals surface area contributed by atoms with Crippen molar-refractivity contribution >= 4 is 41.0 Å². The van der Waals surface area contributed by atoms with E-state index in [9.17, 15) is 24.3 Å². The summed E-state index contributed by atoms with van der Waals surface area (Å²) in [6.07, 6.45) is 3.91. The topological polar surface area (TPSA) is 178 Å². The van der Waals surface area contributed by atoms with Crippen LogP contribution in [0.5, 0.6) is 0 Å². The van der Waals surface area contributed by atoms with Gasteiger partial charge in [-0.15, -0.1) is 0 Å². The average molecular weight is 582 g/mol. The number of carbonyl (C=O) groups excluding carboxylic acids is 3. The molecule has 0 unspecified atom stereocenters. The molecule has 3 N–H and O–H groups in total. The van der Waals surface area contributed by atoms with Crippen LogP contribution < -0.4 is 10.6 Å². The highest BCUT2D eigenvalue weighted by Gasteiger charge is 2.36. The van der Waals surface area contributed by atoms with Crippen LogP contribution in [0, 0.1) is 0 Å². The Kier molecular flexibility index (Phi) is 9.55. The normalized spacial score (nSPS) is 16.8. The van der Waals surface area contributed by atoms with E-state index in [0.717, 1.165) is 18.4 Å². The van der Waals surface area contributed by atoms with Gasteiger partial charge in [0.25, 0.3) is 0 Å². The molecule has 1 saturated carbocycles. The van der Waals surface area contributed by atoms with E-state index >= 15 is 0 Å². The molecular weight excluding hydrogens is 546 g/mol. The Balaban J connectivity index is 1.48. The van der Waals surface area contributed by atoms with E-state index in [1.807, 2.05) is 30.3 Å². The van der Waals surface area contributed by atoms with Gasteiger partial charge in [0.1, 0.15) is 31.6 Å². The van der Waals surface area contributed by atoms with E-state index < -0.39 is 48.3 Å². The average Bonchev–Trinajstić information content (AvgIpc) is 3.34. The second-order valence-electron chi connectivity index (χ2n) is 11.0. The number of hydrogen-bond acceptors (Lipinski definition) is 9. The smallest absolute Gasteiger partial charge is 0.413 e. The van der Waals surface area contributed by atoms with Gasteiger partial charge in [-0.25, -0.2) is 24.5 Å². The number of rotatable bonds is 9. The number of nitrogens with one attached hydrogen (secondary N) is 2. The fourth-order valence-electron chi connectivity index (χ4n) is 4.83. The van der Waals surface area contributed by atoms with Gasteiger partial charge in [-0.1, -0.05) is 43.2 Å². The number of carbonyl (C=O) groups is 4. The summed E-state index contributed by atoms with van der Waals surface area (Å²) in [5.41, 5.74) is 0.602. The largest absolute Gasteiger partial charge is 0.480 e. The number of hydrogen-bond donors (Lipinski definition) is 3. The standard InChI is InChI=1S/C28H35N7O7/c1-28(2,3)42-27(40)32-19-11-7-8-12-20(19)35(14-22(37)38)21(36)13-34-17-31-23-24(29-16-30-25(23)34)33-26(39)41-15-18-9-5-4-6-10-18/h4-6,9-10,16-17,19-20H,7-8,11-15H2,1-3H3,(H,32,40)(H,37,38)(H,29,30,33,39)/t19-,20+/m1/s1. The lowest BCUT2D eigenvalue weighted by Gasteiger charge is -2.39. The van der Waals surface area contributed by atoms with Crippen molar-refractivity contribution in [2.75, 3.05) is 11.9 Å². The molecule has 14 nitrogen and oxygen atoms in total. The van der Waals surface area contributed by atoms with Crippen LogP contribution in [0.4, 0.5) is 15.4 Å². The Bertz CT molecular complexity index is 1420. The zero-order valence-electron chi connectivity index (χ0n) is 23.8. The number of carboxylic acid groups (broad SMARTS) is 1. The second kappa shape index (κ2) is 13.3. The van der Waals surface area contributed by atoms with E-state index in [-0.39, 0.29) is 30.1 Å². The highest BCUT2D eigenvalue weighted by molar-refractivity contribution is 5.93. The first-order valence-electron chi connectivity index (χ1n) is 13.6. The lowest BCUT2D eigenvalue weighted by molar-refractivity contribution is -0.147.